The third kappa shape index (κ3) is 4.58. The summed E-state index contributed by atoms with van der Waals surface area (Å²) in [6.07, 6.45) is 1.70. The lowest BCUT2D eigenvalue weighted by molar-refractivity contribution is -0.133. The predicted octanol–water partition coefficient (Wildman–Crippen LogP) is 6.23. The molecule has 0 atom stereocenters. The van der Waals surface area contributed by atoms with Gasteiger partial charge in [0.05, 0.1) is 6.42 Å². The van der Waals surface area contributed by atoms with E-state index in [4.69, 9.17) is 0 Å². The third-order valence-electron chi connectivity index (χ3n) is 6.52. The minimum atomic E-state index is -0.334. The van der Waals surface area contributed by atoms with Crippen LogP contribution in [0.15, 0.2) is 103 Å². The topological polar surface area (TPSA) is 20.3 Å². The number of hydrogen-bond acceptors (Lipinski definition) is 1. The van der Waals surface area contributed by atoms with Gasteiger partial charge in [0.2, 0.25) is 5.91 Å². The molecular weight excluding hydrogens is 409 g/mol. The van der Waals surface area contributed by atoms with E-state index in [1.54, 1.807) is 6.07 Å². The van der Waals surface area contributed by atoms with Crippen molar-refractivity contribution in [2.24, 2.45) is 0 Å². The molecule has 0 aromatic heterocycles. The molecule has 1 aliphatic carbocycles. The SMILES string of the molecule is O=C(Cc1c(F)cccc1-c1ccccc1)N(Cc1ccccc1)C1Cc2ccccc2C1. The Hall–Kier alpha value is -3.72. The zero-order chi connectivity index (χ0) is 22.6. The Morgan fingerprint density at radius 1 is 0.758 bits per heavy atom. The molecule has 0 fully saturated rings. The van der Waals surface area contributed by atoms with E-state index in [0.717, 1.165) is 29.5 Å². The van der Waals surface area contributed by atoms with E-state index in [9.17, 15) is 4.79 Å². The van der Waals surface area contributed by atoms with Crippen molar-refractivity contribution in [3.63, 3.8) is 0 Å². The summed E-state index contributed by atoms with van der Waals surface area (Å²) in [5.41, 5.74) is 5.83. The van der Waals surface area contributed by atoms with Crippen molar-refractivity contribution in [2.45, 2.75) is 31.8 Å². The van der Waals surface area contributed by atoms with Crippen molar-refractivity contribution in [2.75, 3.05) is 0 Å². The first-order chi connectivity index (χ1) is 16.2. The molecule has 33 heavy (non-hydrogen) atoms. The second-order valence-corrected chi connectivity index (χ2v) is 8.65. The molecule has 0 saturated carbocycles. The van der Waals surface area contributed by atoms with Gasteiger partial charge in [-0.25, -0.2) is 4.39 Å². The summed E-state index contributed by atoms with van der Waals surface area (Å²) in [6.45, 7) is 0.521. The van der Waals surface area contributed by atoms with Gasteiger partial charge in [-0.3, -0.25) is 4.79 Å². The lowest BCUT2D eigenvalue weighted by Gasteiger charge is -2.30. The largest absolute Gasteiger partial charge is 0.334 e. The number of fused-ring (bicyclic) bond motifs is 1. The average Bonchev–Trinajstić information content (AvgIpc) is 3.29. The Bertz CT molecular complexity index is 1230. The van der Waals surface area contributed by atoms with E-state index >= 15 is 4.39 Å². The number of carbonyl (C=O) groups is 1. The highest BCUT2D eigenvalue weighted by molar-refractivity contribution is 5.82. The maximum Gasteiger partial charge on any atom is 0.227 e. The van der Waals surface area contributed by atoms with Crippen molar-refractivity contribution in [1.82, 2.24) is 4.90 Å². The molecule has 0 heterocycles. The average molecular weight is 436 g/mol. The van der Waals surface area contributed by atoms with Gasteiger partial charge in [0.15, 0.2) is 0 Å². The molecule has 0 aliphatic heterocycles. The van der Waals surface area contributed by atoms with Crippen LogP contribution < -0.4 is 0 Å². The van der Waals surface area contributed by atoms with Crippen LogP contribution in [-0.2, 0) is 30.6 Å². The molecular formula is C30H26FNO. The Balaban J connectivity index is 1.46. The highest BCUT2D eigenvalue weighted by Crippen LogP contribution is 2.30. The number of amides is 1. The molecule has 4 aromatic carbocycles. The van der Waals surface area contributed by atoms with E-state index < -0.39 is 0 Å². The maximum absolute atomic E-state index is 15.0. The van der Waals surface area contributed by atoms with Crippen LogP contribution in [0.2, 0.25) is 0 Å². The van der Waals surface area contributed by atoms with Gasteiger partial charge in [0.25, 0.3) is 0 Å². The molecule has 0 bridgehead atoms. The van der Waals surface area contributed by atoms with Gasteiger partial charge in [-0.2, -0.15) is 0 Å². The summed E-state index contributed by atoms with van der Waals surface area (Å²) in [6, 6.07) is 33.3. The van der Waals surface area contributed by atoms with E-state index in [0.29, 0.717) is 12.1 Å². The molecule has 164 valence electrons. The molecule has 0 radical (unpaired) electrons. The molecule has 3 heteroatoms. The molecule has 2 nitrogen and oxygen atoms in total. The Morgan fingerprint density at radius 3 is 2.03 bits per heavy atom. The number of carbonyl (C=O) groups excluding carboxylic acids is 1. The smallest absolute Gasteiger partial charge is 0.227 e. The molecule has 1 aliphatic rings. The van der Waals surface area contributed by atoms with Crippen LogP contribution in [0.3, 0.4) is 0 Å². The van der Waals surface area contributed by atoms with Crippen molar-refractivity contribution < 1.29 is 9.18 Å². The van der Waals surface area contributed by atoms with Crippen LogP contribution in [0.5, 0.6) is 0 Å². The quantitative estimate of drug-likeness (QED) is 0.351. The minimum absolute atomic E-state index is 0.0383. The van der Waals surface area contributed by atoms with Crippen molar-refractivity contribution in [3.05, 3.63) is 131 Å². The second kappa shape index (κ2) is 9.41. The molecule has 4 aromatic rings. The normalized spacial score (nSPS) is 13.0. The van der Waals surface area contributed by atoms with Gasteiger partial charge in [-0.05, 0) is 46.7 Å². The molecule has 0 saturated heterocycles. The van der Waals surface area contributed by atoms with Crippen LogP contribution in [0.1, 0.15) is 22.3 Å². The molecule has 5 rings (SSSR count). The fraction of sp³-hybridized carbons (Fsp3) is 0.167. The summed E-state index contributed by atoms with van der Waals surface area (Å²) >= 11 is 0. The van der Waals surface area contributed by atoms with E-state index in [-0.39, 0.29) is 24.2 Å². The van der Waals surface area contributed by atoms with Crippen LogP contribution in [-0.4, -0.2) is 16.8 Å². The fourth-order valence-electron chi connectivity index (χ4n) is 4.84. The standard InChI is InChI=1S/C30H26FNO/c31-29-17-9-16-27(23-12-5-2-6-13-23)28(29)20-30(33)32(21-22-10-3-1-4-11-22)26-18-24-14-7-8-15-25(24)19-26/h1-17,26H,18-21H2. The predicted molar refractivity (Wildman–Crippen MR) is 130 cm³/mol. The summed E-state index contributed by atoms with van der Waals surface area (Å²) in [5.74, 6) is -0.377. The van der Waals surface area contributed by atoms with Gasteiger partial charge >= 0.3 is 0 Å². The lowest BCUT2D eigenvalue weighted by atomic mass is 9.96. The summed E-state index contributed by atoms with van der Waals surface area (Å²) in [4.78, 5) is 15.7. The Kier molecular flexibility index (Phi) is 6.03. The zero-order valence-electron chi connectivity index (χ0n) is 18.5. The van der Waals surface area contributed by atoms with Crippen LogP contribution in [0.25, 0.3) is 11.1 Å². The molecule has 0 N–H and O–H groups in total. The van der Waals surface area contributed by atoms with E-state index in [2.05, 4.69) is 24.3 Å². The Labute approximate surface area is 194 Å². The van der Waals surface area contributed by atoms with Gasteiger partial charge < -0.3 is 4.90 Å². The van der Waals surface area contributed by atoms with Gasteiger partial charge in [-0.1, -0.05) is 97.1 Å². The van der Waals surface area contributed by atoms with Gasteiger partial charge in [-0.15, -0.1) is 0 Å². The number of nitrogens with zero attached hydrogens (tertiary/aromatic N) is 1. The highest BCUT2D eigenvalue weighted by atomic mass is 19.1. The summed E-state index contributed by atoms with van der Waals surface area (Å²) in [7, 11) is 0. The van der Waals surface area contributed by atoms with E-state index in [1.165, 1.54) is 17.2 Å². The first kappa shape index (κ1) is 21.1. The lowest BCUT2D eigenvalue weighted by Crippen LogP contribution is -2.41. The first-order valence-corrected chi connectivity index (χ1v) is 11.4. The Morgan fingerprint density at radius 2 is 1.36 bits per heavy atom. The second-order valence-electron chi connectivity index (χ2n) is 8.65. The van der Waals surface area contributed by atoms with Crippen molar-refractivity contribution in [1.29, 1.82) is 0 Å². The molecule has 1 amide bonds. The van der Waals surface area contributed by atoms with Crippen molar-refractivity contribution in [3.8, 4) is 11.1 Å². The fourth-order valence-corrected chi connectivity index (χ4v) is 4.84. The number of rotatable bonds is 6. The molecule has 0 spiro atoms. The van der Waals surface area contributed by atoms with Crippen LogP contribution in [0.4, 0.5) is 4.39 Å². The third-order valence-corrected chi connectivity index (χ3v) is 6.52. The maximum atomic E-state index is 15.0. The van der Waals surface area contributed by atoms with E-state index in [1.807, 2.05) is 71.6 Å². The van der Waals surface area contributed by atoms with Gasteiger partial charge in [0, 0.05) is 18.2 Å². The zero-order valence-corrected chi connectivity index (χ0v) is 18.5. The van der Waals surface area contributed by atoms with Gasteiger partial charge in [0.1, 0.15) is 5.82 Å². The highest BCUT2D eigenvalue weighted by Gasteiger charge is 2.30. The number of hydrogen-bond donors (Lipinski definition) is 0. The van der Waals surface area contributed by atoms with Crippen LogP contribution in [0, 0.1) is 5.82 Å². The monoisotopic (exact) mass is 435 g/mol. The van der Waals surface area contributed by atoms with Crippen LogP contribution >= 0.6 is 0 Å². The number of benzene rings is 4. The number of halogens is 1. The minimum Gasteiger partial charge on any atom is -0.334 e. The van der Waals surface area contributed by atoms with Crippen molar-refractivity contribution >= 4 is 5.91 Å². The first-order valence-electron chi connectivity index (χ1n) is 11.4. The summed E-state index contributed by atoms with van der Waals surface area (Å²) < 4.78 is 15.0. The molecule has 0 unspecified atom stereocenters. The summed E-state index contributed by atoms with van der Waals surface area (Å²) in [5, 5.41) is 0.